The van der Waals surface area contributed by atoms with Gasteiger partial charge in [0.05, 0.1) is 11.9 Å². The molecule has 0 aliphatic carbocycles. The van der Waals surface area contributed by atoms with Gasteiger partial charge < -0.3 is 15.5 Å². The van der Waals surface area contributed by atoms with Crippen LogP contribution in [0.25, 0.3) is 0 Å². The van der Waals surface area contributed by atoms with E-state index in [-0.39, 0.29) is 5.91 Å². The number of rotatable bonds is 9. The summed E-state index contributed by atoms with van der Waals surface area (Å²) in [6.07, 6.45) is 3.73. The molecule has 5 heteroatoms. The Labute approximate surface area is 150 Å². The highest BCUT2D eigenvalue weighted by Gasteiger charge is 2.06. The molecule has 134 valence electrons. The summed E-state index contributed by atoms with van der Waals surface area (Å²) in [5, 5.41) is 6.18. The fourth-order valence-electron chi connectivity index (χ4n) is 2.58. The highest BCUT2D eigenvalue weighted by molar-refractivity contribution is 5.92. The molecule has 0 fully saturated rings. The Morgan fingerprint density at radius 1 is 1.00 bits per heavy atom. The number of amides is 1. The molecule has 0 bridgehead atoms. The lowest BCUT2D eigenvalue weighted by Crippen LogP contribution is -2.25. The number of nitrogens with one attached hydrogen (secondary N) is 2. The number of carbonyl (C=O) groups is 1. The molecule has 1 aromatic heterocycles. The number of pyridine rings is 1. The lowest BCUT2D eigenvalue weighted by molar-refractivity contribution is 0.0948. The Morgan fingerprint density at radius 3 is 2.24 bits per heavy atom. The van der Waals surface area contributed by atoms with Gasteiger partial charge in [-0.15, -0.1) is 0 Å². The molecule has 0 atom stereocenters. The molecular weight excluding hydrogens is 312 g/mol. The van der Waals surface area contributed by atoms with Gasteiger partial charge in [0, 0.05) is 31.0 Å². The van der Waals surface area contributed by atoms with Crippen molar-refractivity contribution in [1.29, 1.82) is 0 Å². The quantitative estimate of drug-likeness (QED) is 0.672. The van der Waals surface area contributed by atoms with E-state index < -0.39 is 0 Å². The van der Waals surface area contributed by atoms with E-state index in [1.54, 1.807) is 12.3 Å². The first-order chi connectivity index (χ1) is 12.2. The van der Waals surface area contributed by atoms with Gasteiger partial charge in [-0.3, -0.25) is 4.79 Å². The maximum atomic E-state index is 11.9. The Bertz CT molecular complexity index is 648. The number of hydrogen-bond acceptors (Lipinski definition) is 4. The van der Waals surface area contributed by atoms with Gasteiger partial charge in [-0.1, -0.05) is 13.3 Å². The van der Waals surface area contributed by atoms with E-state index in [0.29, 0.717) is 12.2 Å². The number of benzene rings is 1. The third kappa shape index (κ3) is 5.48. The second kappa shape index (κ2) is 9.67. The zero-order chi connectivity index (χ0) is 18.1. The molecule has 2 N–H and O–H groups in total. The number of carbonyl (C=O) groups excluding carboxylic acids is 1. The van der Waals surface area contributed by atoms with Crippen LogP contribution in [0, 0.1) is 0 Å². The van der Waals surface area contributed by atoms with E-state index in [4.69, 9.17) is 0 Å². The molecule has 0 saturated carbocycles. The van der Waals surface area contributed by atoms with Crippen LogP contribution in [0.2, 0.25) is 0 Å². The fraction of sp³-hybridized carbons (Fsp3) is 0.400. The minimum absolute atomic E-state index is 0.122. The standard InChI is InChI=1S/C20H28N4O/c1-4-7-14-21-20(25)19-13-10-17(15-22-19)23-16-8-11-18(12-9-16)24(5-2)6-3/h8-13,15,23H,4-7,14H2,1-3H3,(H,21,25). The largest absolute Gasteiger partial charge is 0.372 e. The summed E-state index contributed by atoms with van der Waals surface area (Å²) in [6.45, 7) is 9.09. The fourth-order valence-corrected chi connectivity index (χ4v) is 2.58. The number of hydrogen-bond donors (Lipinski definition) is 2. The van der Waals surface area contributed by atoms with Gasteiger partial charge >= 0.3 is 0 Å². The van der Waals surface area contributed by atoms with E-state index in [1.807, 2.05) is 6.07 Å². The Hall–Kier alpha value is -2.56. The summed E-state index contributed by atoms with van der Waals surface area (Å²) in [5.74, 6) is -0.122. The molecule has 1 amide bonds. The van der Waals surface area contributed by atoms with Crippen molar-refractivity contribution in [2.45, 2.75) is 33.6 Å². The lowest BCUT2D eigenvalue weighted by atomic mass is 10.2. The van der Waals surface area contributed by atoms with Crippen molar-refractivity contribution >= 4 is 23.0 Å². The Balaban J connectivity index is 1.95. The molecule has 2 aromatic rings. The molecule has 0 radical (unpaired) electrons. The van der Waals surface area contributed by atoms with Gasteiger partial charge in [-0.2, -0.15) is 0 Å². The van der Waals surface area contributed by atoms with Crippen molar-refractivity contribution in [2.24, 2.45) is 0 Å². The van der Waals surface area contributed by atoms with Crippen molar-refractivity contribution in [3.63, 3.8) is 0 Å². The molecule has 25 heavy (non-hydrogen) atoms. The van der Waals surface area contributed by atoms with Crippen LogP contribution in [0.4, 0.5) is 17.1 Å². The van der Waals surface area contributed by atoms with Gasteiger partial charge in [-0.05, 0) is 56.7 Å². The van der Waals surface area contributed by atoms with Gasteiger partial charge in [0.15, 0.2) is 0 Å². The minimum Gasteiger partial charge on any atom is -0.372 e. The summed E-state index contributed by atoms with van der Waals surface area (Å²) in [7, 11) is 0. The maximum Gasteiger partial charge on any atom is 0.269 e. The summed E-state index contributed by atoms with van der Waals surface area (Å²) in [4.78, 5) is 18.5. The van der Waals surface area contributed by atoms with Crippen LogP contribution < -0.4 is 15.5 Å². The average molecular weight is 340 g/mol. The molecule has 0 unspecified atom stereocenters. The lowest BCUT2D eigenvalue weighted by Gasteiger charge is -2.21. The van der Waals surface area contributed by atoms with Crippen LogP contribution in [0.3, 0.4) is 0 Å². The van der Waals surface area contributed by atoms with Crippen LogP contribution in [0.5, 0.6) is 0 Å². The van der Waals surface area contributed by atoms with Crippen LogP contribution in [-0.4, -0.2) is 30.5 Å². The Kier molecular flexibility index (Phi) is 7.26. The topological polar surface area (TPSA) is 57.3 Å². The first kappa shape index (κ1) is 18.8. The first-order valence-electron chi connectivity index (χ1n) is 9.04. The van der Waals surface area contributed by atoms with E-state index in [2.05, 4.69) is 65.6 Å². The third-order valence-corrected chi connectivity index (χ3v) is 4.10. The van der Waals surface area contributed by atoms with Crippen LogP contribution in [-0.2, 0) is 0 Å². The maximum absolute atomic E-state index is 11.9. The van der Waals surface area contributed by atoms with Crippen molar-refractivity contribution in [3.8, 4) is 0 Å². The summed E-state index contributed by atoms with van der Waals surface area (Å²) in [5.41, 5.74) is 3.52. The van der Waals surface area contributed by atoms with E-state index >= 15 is 0 Å². The van der Waals surface area contributed by atoms with Crippen molar-refractivity contribution in [2.75, 3.05) is 29.9 Å². The highest BCUT2D eigenvalue weighted by Crippen LogP contribution is 2.20. The number of nitrogens with zero attached hydrogens (tertiary/aromatic N) is 2. The SMILES string of the molecule is CCCCNC(=O)c1ccc(Nc2ccc(N(CC)CC)cc2)cn1. The van der Waals surface area contributed by atoms with Crippen molar-refractivity contribution in [3.05, 3.63) is 48.3 Å². The average Bonchev–Trinajstić information content (AvgIpc) is 2.65. The summed E-state index contributed by atoms with van der Waals surface area (Å²) in [6, 6.07) is 11.9. The number of anilines is 3. The molecule has 0 aliphatic rings. The molecule has 0 spiro atoms. The second-order valence-corrected chi connectivity index (χ2v) is 5.89. The number of aromatic nitrogens is 1. The highest BCUT2D eigenvalue weighted by atomic mass is 16.1. The zero-order valence-electron chi connectivity index (χ0n) is 15.4. The summed E-state index contributed by atoms with van der Waals surface area (Å²) < 4.78 is 0. The molecule has 0 aliphatic heterocycles. The summed E-state index contributed by atoms with van der Waals surface area (Å²) >= 11 is 0. The van der Waals surface area contributed by atoms with Gasteiger partial charge in [0.1, 0.15) is 5.69 Å². The van der Waals surface area contributed by atoms with Crippen molar-refractivity contribution < 1.29 is 4.79 Å². The molecule has 5 nitrogen and oxygen atoms in total. The van der Waals surface area contributed by atoms with Crippen molar-refractivity contribution in [1.82, 2.24) is 10.3 Å². The first-order valence-corrected chi connectivity index (χ1v) is 9.04. The van der Waals surface area contributed by atoms with Gasteiger partial charge in [0.25, 0.3) is 5.91 Å². The van der Waals surface area contributed by atoms with Gasteiger partial charge in [0.2, 0.25) is 0 Å². The van der Waals surface area contributed by atoms with Gasteiger partial charge in [-0.25, -0.2) is 4.98 Å². The molecule has 1 heterocycles. The molecular formula is C20H28N4O. The molecule has 1 aromatic carbocycles. The number of unbranched alkanes of at least 4 members (excludes halogenated alkanes) is 1. The zero-order valence-corrected chi connectivity index (χ0v) is 15.4. The predicted molar refractivity (Wildman–Crippen MR) is 105 cm³/mol. The van der Waals surface area contributed by atoms with E-state index in [1.165, 1.54) is 5.69 Å². The second-order valence-electron chi connectivity index (χ2n) is 5.89. The van der Waals surface area contributed by atoms with Crippen LogP contribution in [0.1, 0.15) is 44.1 Å². The molecule has 2 rings (SSSR count). The van der Waals surface area contributed by atoms with Crippen LogP contribution >= 0.6 is 0 Å². The van der Waals surface area contributed by atoms with Crippen LogP contribution in [0.15, 0.2) is 42.6 Å². The minimum atomic E-state index is -0.122. The molecule has 0 saturated heterocycles. The smallest absolute Gasteiger partial charge is 0.269 e. The normalized spacial score (nSPS) is 10.4. The van der Waals surface area contributed by atoms with E-state index in [9.17, 15) is 4.79 Å². The van der Waals surface area contributed by atoms with E-state index in [0.717, 1.165) is 37.3 Å². The third-order valence-electron chi connectivity index (χ3n) is 4.10. The Morgan fingerprint density at radius 2 is 1.68 bits per heavy atom. The monoisotopic (exact) mass is 340 g/mol. The predicted octanol–water partition coefficient (Wildman–Crippen LogP) is 4.20.